The Morgan fingerprint density at radius 1 is 1.13 bits per heavy atom. The summed E-state index contributed by atoms with van der Waals surface area (Å²) in [5.74, 6) is -0.695. The van der Waals surface area contributed by atoms with Crippen molar-refractivity contribution in [3.8, 4) is 11.5 Å². The third-order valence-electron chi connectivity index (χ3n) is 5.40. The minimum atomic E-state index is -4.79. The second-order valence-electron chi connectivity index (χ2n) is 7.86. The van der Waals surface area contributed by atoms with Crippen LogP contribution in [0.4, 0.5) is 30.2 Å². The third-order valence-corrected chi connectivity index (χ3v) is 6.45. The van der Waals surface area contributed by atoms with Gasteiger partial charge in [-0.25, -0.2) is 9.78 Å². The first-order chi connectivity index (χ1) is 18.3. The fourth-order valence-corrected chi connectivity index (χ4v) is 4.76. The third kappa shape index (κ3) is 5.85. The Morgan fingerprint density at radius 2 is 1.84 bits per heavy atom. The second-order valence-corrected chi connectivity index (χ2v) is 8.86. The lowest BCUT2D eigenvalue weighted by Gasteiger charge is -2.22. The molecule has 1 aromatic carbocycles. The highest BCUT2D eigenvalue weighted by atomic mass is 32.1. The molecule has 0 saturated carbocycles. The maximum absolute atomic E-state index is 14.2. The van der Waals surface area contributed by atoms with Gasteiger partial charge in [-0.3, -0.25) is 0 Å². The van der Waals surface area contributed by atoms with E-state index in [1.54, 1.807) is 36.1 Å². The summed E-state index contributed by atoms with van der Waals surface area (Å²) < 4.78 is 52.9. The molecule has 9 nitrogen and oxygen atoms in total. The predicted octanol–water partition coefficient (Wildman–Crippen LogP) is 5.96. The average molecular weight is 549 g/mol. The monoisotopic (exact) mass is 548 g/mol. The quantitative estimate of drug-likeness (QED) is 0.185. The zero-order valence-corrected chi connectivity index (χ0v) is 20.9. The van der Waals surface area contributed by atoms with Crippen LogP contribution in [0, 0.1) is 0 Å². The summed E-state index contributed by atoms with van der Waals surface area (Å²) in [5.41, 5.74) is -0.353. The van der Waals surface area contributed by atoms with Crippen LogP contribution in [0.25, 0.3) is 21.7 Å². The molecule has 0 aliphatic rings. The number of rotatable bonds is 10. The van der Waals surface area contributed by atoms with Gasteiger partial charge < -0.3 is 24.3 Å². The van der Waals surface area contributed by atoms with Crippen LogP contribution in [0.15, 0.2) is 63.4 Å². The number of fused-ring (bicyclic) bond motifs is 1. The van der Waals surface area contributed by atoms with E-state index >= 15 is 0 Å². The van der Waals surface area contributed by atoms with Gasteiger partial charge in [-0.05, 0) is 49.4 Å². The van der Waals surface area contributed by atoms with Crippen LogP contribution in [0.5, 0.6) is 0 Å². The molecule has 0 bridgehead atoms. The molecule has 3 heterocycles. The van der Waals surface area contributed by atoms with E-state index in [0.717, 1.165) is 17.4 Å². The molecule has 0 aliphatic heterocycles. The minimum absolute atomic E-state index is 0.0144. The lowest BCUT2D eigenvalue weighted by atomic mass is 10.1. The summed E-state index contributed by atoms with van der Waals surface area (Å²) in [6.45, 7) is 1.98. The van der Waals surface area contributed by atoms with Crippen molar-refractivity contribution >= 4 is 44.6 Å². The average Bonchev–Trinajstić information content (AvgIpc) is 3.55. The molecule has 0 amide bonds. The zero-order chi connectivity index (χ0) is 27.3. The number of thiophene rings is 1. The number of pyridine rings is 1. The molecule has 38 heavy (non-hydrogen) atoms. The van der Waals surface area contributed by atoms with Gasteiger partial charge in [-0.2, -0.15) is 18.3 Å². The summed E-state index contributed by atoms with van der Waals surface area (Å²) >= 11 is 0.731. The number of aromatic nitrogens is 1. The van der Waals surface area contributed by atoms with Crippen LogP contribution in [0.2, 0.25) is 0 Å². The van der Waals surface area contributed by atoms with Crippen LogP contribution in [-0.4, -0.2) is 54.1 Å². The van der Waals surface area contributed by atoms with E-state index in [4.69, 9.17) is 9.15 Å². The van der Waals surface area contributed by atoms with Gasteiger partial charge in [-0.1, -0.05) is 0 Å². The van der Waals surface area contributed by atoms with Gasteiger partial charge in [0.2, 0.25) is 0 Å². The molecule has 4 rings (SSSR count). The molecule has 0 spiro atoms. The summed E-state index contributed by atoms with van der Waals surface area (Å²) in [7, 11) is 0. The standard InChI is InChI=1S/C25H23F3N4O5S/c1-2-36-24(35)22-21(31-30-15-5-7-16(8-6-15)32(9-11-33)10-12-34)20-17(25(26,27)28)14-18(29-23(20)38-22)19-4-3-13-37-19/h3-8,13-14,33-34H,2,9-12H2,1H3. The molecule has 0 radical (unpaired) electrons. The van der Waals surface area contributed by atoms with Crippen molar-refractivity contribution < 1.29 is 37.3 Å². The first kappa shape index (κ1) is 27.2. The largest absolute Gasteiger partial charge is 0.463 e. The van der Waals surface area contributed by atoms with Gasteiger partial charge in [-0.15, -0.1) is 16.5 Å². The summed E-state index contributed by atoms with van der Waals surface area (Å²) in [6, 6.07) is 10.4. The van der Waals surface area contributed by atoms with Gasteiger partial charge in [0.1, 0.15) is 21.1 Å². The van der Waals surface area contributed by atoms with Crippen molar-refractivity contribution in [2.75, 3.05) is 37.8 Å². The Bertz CT molecular complexity index is 1410. The topological polar surface area (TPSA) is 121 Å². The fourth-order valence-electron chi connectivity index (χ4n) is 3.74. The maximum Gasteiger partial charge on any atom is 0.417 e. The molecule has 3 aromatic heterocycles. The van der Waals surface area contributed by atoms with E-state index in [2.05, 4.69) is 15.2 Å². The van der Waals surface area contributed by atoms with E-state index in [9.17, 15) is 28.2 Å². The number of nitrogens with zero attached hydrogens (tertiary/aromatic N) is 4. The smallest absolute Gasteiger partial charge is 0.417 e. The number of carbonyl (C=O) groups excluding carboxylic acids is 1. The SMILES string of the molecule is CCOC(=O)c1sc2nc(-c3ccco3)cc(C(F)(F)F)c2c1N=Nc1ccc(N(CCO)CCO)cc1. The second kappa shape index (κ2) is 11.7. The number of aliphatic hydroxyl groups excluding tert-OH is 2. The number of anilines is 1. The molecule has 0 atom stereocenters. The van der Waals surface area contributed by atoms with E-state index in [-0.39, 0.29) is 52.1 Å². The number of carbonyl (C=O) groups is 1. The minimum Gasteiger partial charge on any atom is -0.463 e. The first-order valence-corrected chi connectivity index (χ1v) is 12.3. The summed E-state index contributed by atoms with van der Waals surface area (Å²) in [4.78, 5) is 18.5. The molecule has 13 heteroatoms. The molecule has 200 valence electrons. The number of benzene rings is 1. The molecular weight excluding hydrogens is 525 g/mol. The highest BCUT2D eigenvalue weighted by molar-refractivity contribution is 7.21. The maximum atomic E-state index is 14.2. The van der Waals surface area contributed by atoms with Crippen LogP contribution in [0.3, 0.4) is 0 Å². The van der Waals surface area contributed by atoms with Crippen LogP contribution in [-0.2, 0) is 10.9 Å². The van der Waals surface area contributed by atoms with Crippen LogP contribution < -0.4 is 4.90 Å². The molecule has 0 aliphatic carbocycles. The molecule has 0 saturated heterocycles. The van der Waals surface area contributed by atoms with Crippen LogP contribution in [0.1, 0.15) is 22.2 Å². The Kier molecular flexibility index (Phi) is 8.39. The summed E-state index contributed by atoms with van der Waals surface area (Å²) in [6.07, 6.45) is -3.46. The van der Waals surface area contributed by atoms with Gasteiger partial charge in [0.05, 0.1) is 42.7 Å². The lowest BCUT2D eigenvalue weighted by Crippen LogP contribution is -2.29. The Balaban J connectivity index is 1.82. The molecule has 0 fully saturated rings. The molecule has 0 unspecified atom stereocenters. The van der Waals surface area contributed by atoms with Gasteiger partial charge in [0.15, 0.2) is 5.76 Å². The predicted molar refractivity (Wildman–Crippen MR) is 135 cm³/mol. The number of esters is 1. The van der Waals surface area contributed by atoms with E-state index in [1.165, 1.54) is 18.4 Å². The Morgan fingerprint density at radius 3 is 2.42 bits per heavy atom. The Hall–Kier alpha value is -3.81. The van der Waals surface area contributed by atoms with Crippen molar-refractivity contribution in [2.24, 2.45) is 10.2 Å². The van der Waals surface area contributed by atoms with Gasteiger partial charge in [0, 0.05) is 18.8 Å². The highest BCUT2D eigenvalue weighted by Gasteiger charge is 2.37. The normalized spacial score (nSPS) is 11.9. The number of azo groups is 1. The van der Waals surface area contributed by atoms with Gasteiger partial charge >= 0.3 is 12.1 Å². The van der Waals surface area contributed by atoms with E-state index < -0.39 is 17.7 Å². The zero-order valence-electron chi connectivity index (χ0n) is 20.1. The number of furan rings is 1. The van der Waals surface area contributed by atoms with E-state index in [0.29, 0.717) is 24.5 Å². The van der Waals surface area contributed by atoms with Crippen molar-refractivity contribution in [2.45, 2.75) is 13.1 Å². The molecule has 2 N–H and O–H groups in total. The highest BCUT2D eigenvalue weighted by Crippen LogP contribution is 2.46. The van der Waals surface area contributed by atoms with E-state index in [1.807, 2.05) is 0 Å². The molecule has 4 aromatic rings. The fraction of sp³-hybridized carbons (Fsp3) is 0.280. The number of hydrogen-bond acceptors (Lipinski definition) is 10. The van der Waals surface area contributed by atoms with Crippen molar-refractivity contribution in [1.29, 1.82) is 0 Å². The van der Waals surface area contributed by atoms with Gasteiger partial charge in [0.25, 0.3) is 0 Å². The molecular formula is C25H23F3N4O5S. The first-order valence-electron chi connectivity index (χ1n) is 11.5. The number of ether oxygens (including phenoxy) is 1. The number of hydrogen-bond donors (Lipinski definition) is 2. The number of alkyl halides is 3. The van der Waals surface area contributed by atoms with Crippen molar-refractivity contribution in [3.05, 3.63) is 59.2 Å². The number of halogens is 3. The summed E-state index contributed by atoms with van der Waals surface area (Å²) in [5, 5.41) is 26.2. The van der Waals surface area contributed by atoms with Crippen molar-refractivity contribution in [1.82, 2.24) is 4.98 Å². The van der Waals surface area contributed by atoms with Crippen LogP contribution >= 0.6 is 11.3 Å². The van der Waals surface area contributed by atoms with Crippen molar-refractivity contribution in [3.63, 3.8) is 0 Å². The lowest BCUT2D eigenvalue weighted by molar-refractivity contribution is -0.136. The number of aliphatic hydroxyl groups is 2. The Labute approximate surface area is 218 Å².